The summed E-state index contributed by atoms with van der Waals surface area (Å²) in [6, 6.07) is 4.38. The number of benzene rings is 1. The minimum atomic E-state index is -0.537. The number of anilines is 1. The van der Waals surface area contributed by atoms with E-state index in [0.29, 0.717) is 6.54 Å². The predicted molar refractivity (Wildman–Crippen MR) is 74.3 cm³/mol. The van der Waals surface area contributed by atoms with Crippen LogP contribution in [0, 0.1) is 0 Å². The average molecular weight is 313 g/mol. The van der Waals surface area contributed by atoms with Crippen molar-refractivity contribution in [2.75, 3.05) is 32.1 Å². The molecule has 1 heterocycles. The fraction of sp³-hybridized carbons (Fsp3) is 0.308. The molecule has 2 rings (SSSR count). The second-order valence-electron chi connectivity index (χ2n) is 4.27. The molecule has 21 heavy (non-hydrogen) atoms. The van der Waals surface area contributed by atoms with Crippen LogP contribution < -0.4 is 5.32 Å². The van der Waals surface area contributed by atoms with E-state index in [1.807, 2.05) is 0 Å². The van der Waals surface area contributed by atoms with Gasteiger partial charge in [0.25, 0.3) is 0 Å². The van der Waals surface area contributed by atoms with E-state index < -0.39 is 18.0 Å². The van der Waals surface area contributed by atoms with Gasteiger partial charge in [0.1, 0.15) is 13.2 Å². The maximum Gasteiger partial charge on any atom is 0.410 e. The SMILES string of the molecule is COC(=O)c1ccc(Cl)c(NC(=O)CN2CCOC2=O)c1. The Morgan fingerprint density at radius 2 is 2.24 bits per heavy atom. The Kier molecular flexibility index (Phi) is 4.64. The lowest BCUT2D eigenvalue weighted by Crippen LogP contribution is -2.33. The molecule has 0 saturated carbocycles. The molecule has 0 aliphatic carbocycles. The highest BCUT2D eigenvalue weighted by atomic mass is 35.5. The zero-order valence-corrected chi connectivity index (χ0v) is 12.0. The van der Waals surface area contributed by atoms with Crippen LogP contribution in [0.3, 0.4) is 0 Å². The number of nitrogens with zero attached hydrogens (tertiary/aromatic N) is 1. The molecule has 1 fully saturated rings. The van der Waals surface area contributed by atoms with Crippen LogP contribution in [0.4, 0.5) is 10.5 Å². The topological polar surface area (TPSA) is 84.9 Å². The molecule has 2 amide bonds. The normalized spacial score (nSPS) is 13.8. The van der Waals surface area contributed by atoms with Crippen LogP contribution >= 0.6 is 11.6 Å². The molecule has 112 valence electrons. The molecule has 0 spiro atoms. The van der Waals surface area contributed by atoms with E-state index in [-0.39, 0.29) is 29.4 Å². The van der Waals surface area contributed by atoms with E-state index in [1.54, 1.807) is 0 Å². The van der Waals surface area contributed by atoms with Crippen molar-refractivity contribution < 1.29 is 23.9 Å². The molecule has 1 aromatic rings. The summed E-state index contributed by atoms with van der Waals surface area (Å²) < 4.78 is 9.32. The first-order valence-corrected chi connectivity index (χ1v) is 6.48. The van der Waals surface area contributed by atoms with Gasteiger partial charge in [-0.25, -0.2) is 9.59 Å². The molecule has 0 bridgehead atoms. The van der Waals surface area contributed by atoms with E-state index in [1.165, 1.54) is 30.2 Å². The van der Waals surface area contributed by atoms with Crippen molar-refractivity contribution >= 4 is 35.3 Å². The van der Waals surface area contributed by atoms with Gasteiger partial charge in [0.05, 0.1) is 29.9 Å². The summed E-state index contributed by atoms with van der Waals surface area (Å²) >= 11 is 5.96. The van der Waals surface area contributed by atoms with Crippen molar-refractivity contribution in [1.29, 1.82) is 0 Å². The van der Waals surface area contributed by atoms with Crippen molar-refractivity contribution in [2.24, 2.45) is 0 Å². The number of esters is 1. The molecule has 0 aromatic heterocycles. The molecule has 1 aliphatic rings. The molecule has 0 atom stereocenters. The minimum absolute atomic E-state index is 0.141. The number of carbonyl (C=O) groups is 3. The highest BCUT2D eigenvalue weighted by Crippen LogP contribution is 2.23. The van der Waals surface area contributed by atoms with Gasteiger partial charge >= 0.3 is 12.1 Å². The number of halogens is 1. The lowest BCUT2D eigenvalue weighted by atomic mass is 10.2. The maximum absolute atomic E-state index is 11.9. The fourth-order valence-corrected chi connectivity index (χ4v) is 1.96. The van der Waals surface area contributed by atoms with Crippen LogP contribution in [0.2, 0.25) is 5.02 Å². The summed E-state index contributed by atoms with van der Waals surface area (Å²) in [6.07, 6.45) is -0.528. The summed E-state index contributed by atoms with van der Waals surface area (Å²) in [5, 5.41) is 2.83. The van der Waals surface area contributed by atoms with E-state index in [2.05, 4.69) is 10.1 Å². The molecule has 1 aliphatic heterocycles. The van der Waals surface area contributed by atoms with Crippen LogP contribution in [-0.2, 0) is 14.3 Å². The van der Waals surface area contributed by atoms with Gasteiger partial charge in [0.2, 0.25) is 5.91 Å². The van der Waals surface area contributed by atoms with Crippen molar-refractivity contribution in [2.45, 2.75) is 0 Å². The van der Waals surface area contributed by atoms with Gasteiger partial charge in [0, 0.05) is 0 Å². The van der Waals surface area contributed by atoms with Gasteiger partial charge in [-0.15, -0.1) is 0 Å². The van der Waals surface area contributed by atoms with E-state index in [9.17, 15) is 14.4 Å². The van der Waals surface area contributed by atoms with Gasteiger partial charge in [0.15, 0.2) is 0 Å². The maximum atomic E-state index is 11.9. The largest absolute Gasteiger partial charge is 0.465 e. The number of rotatable bonds is 4. The lowest BCUT2D eigenvalue weighted by Gasteiger charge is -2.13. The Bertz CT molecular complexity index is 590. The lowest BCUT2D eigenvalue weighted by molar-refractivity contribution is -0.116. The molecular weight excluding hydrogens is 300 g/mol. The number of carbonyl (C=O) groups excluding carboxylic acids is 3. The molecular formula is C13H13ClN2O5. The average Bonchev–Trinajstić information content (AvgIpc) is 2.85. The first-order chi connectivity index (χ1) is 10.0. The Balaban J connectivity index is 2.06. The molecule has 8 heteroatoms. The first-order valence-electron chi connectivity index (χ1n) is 6.10. The van der Waals surface area contributed by atoms with Gasteiger partial charge in [-0.3, -0.25) is 9.69 Å². The van der Waals surface area contributed by atoms with Crippen molar-refractivity contribution in [3.63, 3.8) is 0 Å². The summed E-state index contributed by atoms with van der Waals surface area (Å²) in [5.41, 5.74) is 0.537. The van der Waals surface area contributed by atoms with Gasteiger partial charge in [-0.05, 0) is 18.2 Å². The Labute approximate surface area is 125 Å². The first kappa shape index (κ1) is 15.1. The number of hydrogen-bond donors (Lipinski definition) is 1. The zero-order chi connectivity index (χ0) is 15.4. The van der Waals surface area contributed by atoms with Crippen LogP contribution in [0.5, 0.6) is 0 Å². The van der Waals surface area contributed by atoms with Crippen molar-refractivity contribution in [3.8, 4) is 0 Å². The molecule has 1 aromatic carbocycles. The van der Waals surface area contributed by atoms with Crippen LogP contribution in [0.1, 0.15) is 10.4 Å². The van der Waals surface area contributed by atoms with E-state index in [4.69, 9.17) is 16.3 Å². The van der Waals surface area contributed by atoms with E-state index in [0.717, 1.165) is 0 Å². The Hall–Kier alpha value is -2.28. The molecule has 1 saturated heterocycles. The Morgan fingerprint density at radius 3 is 2.86 bits per heavy atom. The summed E-state index contributed by atoms with van der Waals surface area (Å²) in [6.45, 7) is 0.491. The van der Waals surface area contributed by atoms with Gasteiger partial charge in [-0.2, -0.15) is 0 Å². The number of nitrogens with one attached hydrogen (secondary N) is 1. The number of amides is 2. The summed E-state index contributed by atoms with van der Waals surface area (Å²) in [4.78, 5) is 35.8. The summed E-state index contributed by atoms with van der Waals surface area (Å²) in [5.74, 6) is -0.969. The third-order valence-corrected chi connectivity index (χ3v) is 3.17. The number of ether oxygens (including phenoxy) is 2. The smallest absolute Gasteiger partial charge is 0.410 e. The zero-order valence-electron chi connectivity index (χ0n) is 11.2. The number of cyclic esters (lactones) is 1. The predicted octanol–water partition coefficient (Wildman–Crippen LogP) is 1.52. The van der Waals surface area contributed by atoms with Crippen molar-refractivity contribution in [1.82, 2.24) is 4.90 Å². The Morgan fingerprint density at radius 1 is 1.48 bits per heavy atom. The summed E-state index contributed by atoms with van der Waals surface area (Å²) in [7, 11) is 1.26. The third kappa shape index (κ3) is 3.63. The standard InChI is InChI=1S/C13H13ClN2O5/c1-20-12(18)8-2-3-9(14)10(6-8)15-11(17)7-16-4-5-21-13(16)19/h2-3,6H,4-5,7H2,1H3,(H,15,17). The molecule has 1 N–H and O–H groups in total. The molecule has 0 radical (unpaired) electrons. The van der Waals surface area contributed by atoms with E-state index >= 15 is 0 Å². The number of hydrogen-bond acceptors (Lipinski definition) is 5. The molecule has 7 nitrogen and oxygen atoms in total. The third-order valence-electron chi connectivity index (χ3n) is 2.84. The van der Waals surface area contributed by atoms with Gasteiger partial charge < -0.3 is 14.8 Å². The van der Waals surface area contributed by atoms with Crippen LogP contribution in [0.25, 0.3) is 0 Å². The number of methoxy groups -OCH3 is 1. The van der Waals surface area contributed by atoms with Crippen LogP contribution in [0.15, 0.2) is 18.2 Å². The van der Waals surface area contributed by atoms with Crippen molar-refractivity contribution in [3.05, 3.63) is 28.8 Å². The second kappa shape index (κ2) is 6.45. The minimum Gasteiger partial charge on any atom is -0.465 e. The second-order valence-corrected chi connectivity index (χ2v) is 4.68. The van der Waals surface area contributed by atoms with Crippen LogP contribution in [-0.4, -0.2) is 49.7 Å². The quantitative estimate of drug-likeness (QED) is 0.852. The monoisotopic (exact) mass is 312 g/mol. The fourth-order valence-electron chi connectivity index (χ4n) is 1.80. The highest BCUT2D eigenvalue weighted by Gasteiger charge is 2.24. The highest BCUT2D eigenvalue weighted by molar-refractivity contribution is 6.33. The van der Waals surface area contributed by atoms with Gasteiger partial charge in [-0.1, -0.05) is 11.6 Å². The molecule has 0 unspecified atom stereocenters.